The fraction of sp³-hybridized carbons (Fsp3) is 0.269. The Morgan fingerprint density at radius 1 is 0.900 bits per heavy atom. The molecule has 0 aromatic heterocycles. The number of hydrogen-bond acceptors (Lipinski definition) is 2. The van der Waals surface area contributed by atoms with E-state index in [1.165, 1.54) is 0 Å². The van der Waals surface area contributed by atoms with Gasteiger partial charge < -0.3 is 5.11 Å². The van der Waals surface area contributed by atoms with Gasteiger partial charge in [-0.15, -0.1) is 0 Å². The van der Waals surface area contributed by atoms with E-state index >= 15 is 0 Å². The van der Waals surface area contributed by atoms with E-state index in [0.717, 1.165) is 15.6 Å². The average molecular weight is 468 g/mol. The molecule has 3 aromatic rings. The molecule has 158 valence electrons. The zero-order valence-electron chi connectivity index (χ0n) is 18.3. The highest BCUT2D eigenvalue weighted by Gasteiger charge is 2.49. The molecule has 1 N–H and O–H groups in total. The zero-order chi connectivity index (χ0) is 22.3. The van der Waals surface area contributed by atoms with Gasteiger partial charge in [0.2, 0.25) is 0 Å². The molecule has 1 unspecified atom stereocenters. The summed E-state index contributed by atoms with van der Waals surface area (Å²) in [5, 5.41) is 11.8. The summed E-state index contributed by atoms with van der Waals surface area (Å²) in [6.07, 6.45) is 0. The smallest absolute Gasteiger partial charge is 0.257 e. The molecule has 0 spiro atoms. The van der Waals surface area contributed by atoms with E-state index < -0.39 is 5.72 Å². The summed E-state index contributed by atoms with van der Waals surface area (Å²) in [6.45, 7) is 10.3. The fourth-order valence-corrected chi connectivity index (χ4v) is 3.96. The largest absolute Gasteiger partial charge is 0.363 e. The van der Waals surface area contributed by atoms with Crippen LogP contribution in [0.2, 0.25) is 0 Å². The number of aryl methyl sites for hydroxylation is 1. The van der Waals surface area contributed by atoms with Crippen LogP contribution in [0.1, 0.15) is 60.3 Å². The van der Waals surface area contributed by atoms with Crippen LogP contribution in [0.15, 0.2) is 77.3 Å². The monoisotopic (exact) mass is 467 g/mol. The van der Waals surface area contributed by atoms with Gasteiger partial charge in [0.05, 0.1) is 0 Å². The first-order valence-electron chi connectivity index (χ1n) is 10.5. The molecule has 1 heterocycles. The van der Waals surface area contributed by atoms with Crippen molar-refractivity contribution in [3.8, 4) is 0 Å². The number of aliphatic hydroxyl groups is 1. The Kier molecular flexibility index (Phi) is 8.39. The second kappa shape index (κ2) is 10.6. The van der Waals surface area contributed by atoms with Crippen molar-refractivity contribution >= 4 is 21.8 Å². The van der Waals surface area contributed by atoms with Crippen molar-refractivity contribution < 1.29 is 9.90 Å². The number of carbonyl (C=O) groups is 1. The van der Waals surface area contributed by atoms with Crippen LogP contribution in [0.25, 0.3) is 0 Å². The van der Waals surface area contributed by atoms with Gasteiger partial charge in [-0.25, -0.2) is 0 Å². The van der Waals surface area contributed by atoms with Crippen LogP contribution in [0.3, 0.4) is 0 Å². The highest BCUT2D eigenvalue weighted by atomic mass is 79.9. The van der Waals surface area contributed by atoms with Crippen molar-refractivity contribution in [2.75, 3.05) is 0 Å². The first-order valence-corrected chi connectivity index (χ1v) is 11.2. The predicted molar refractivity (Wildman–Crippen MR) is 127 cm³/mol. The minimum Gasteiger partial charge on any atom is -0.363 e. The maximum absolute atomic E-state index is 13.1. The Hall–Kier alpha value is -2.43. The molecule has 3 aromatic carbocycles. The number of amides is 1. The molecular formula is C26H30BrNO2. The quantitative estimate of drug-likeness (QED) is 0.467. The van der Waals surface area contributed by atoms with E-state index in [0.29, 0.717) is 23.2 Å². The van der Waals surface area contributed by atoms with Crippen molar-refractivity contribution in [3.63, 3.8) is 0 Å². The lowest BCUT2D eigenvalue weighted by Gasteiger charge is -2.35. The van der Waals surface area contributed by atoms with E-state index in [1.54, 1.807) is 11.0 Å². The Bertz CT molecular complexity index is 984. The summed E-state index contributed by atoms with van der Waals surface area (Å²) in [5.74, 6) is -0.163. The first-order chi connectivity index (χ1) is 14.5. The minimum atomic E-state index is -1.48. The molecule has 0 saturated heterocycles. The number of rotatable bonds is 3. The maximum Gasteiger partial charge on any atom is 0.257 e. The average Bonchev–Trinajstić information content (AvgIpc) is 3.00. The van der Waals surface area contributed by atoms with Gasteiger partial charge in [-0.05, 0) is 30.7 Å². The normalized spacial score (nSPS) is 16.8. The third kappa shape index (κ3) is 4.50. The molecule has 3 nitrogen and oxygen atoms in total. The van der Waals surface area contributed by atoms with Gasteiger partial charge in [0.15, 0.2) is 5.72 Å². The molecule has 0 fully saturated rings. The van der Waals surface area contributed by atoms with Gasteiger partial charge >= 0.3 is 0 Å². The molecule has 1 amide bonds. The van der Waals surface area contributed by atoms with Gasteiger partial charge in [-0.1, -0.05) is 104 Å². The Morgan fingerprint density at radius 3 is 2.17 bits per heavy atom. The SMILES string of the molecule is CC.CC.Cc1ccc(C2(O)c3ccccc3C(=O)N2Cc2cccc(Br)c2)cc1. The van der Waals surface area contributed by atoms with E-state index in [1.807, 2.05) is 101 Å². The highest BCUT2D eigenvalue weighted by Crippen LogP contribution is 2.43. The van der Waals surface area contributed by atoms with Crippen molar-refractivity contribution in [1.29, 1.82) is 0 Å². The molecule has 0 saturated carbocycles. The Morgan fingerprint density at radius 2 is 1.53 bits per heavy atom. The number of halogens is 1. The van der Waals surface area contributed by atoms with Crippen LogP contribution in [0.5, 0.6) is 0 Å². The van der Waals surface area contributed by atoms with E-state index in [-0.39, 0.29) is 5.91 Å². The Balaban J connectivity index is 0.000000757. The zero-order valence-corrected chi connectivity index (χ0v) is 19.9. The molecule has 4 rings (SSSR count). The molecule has 0 radical (unpaired) electrons. The lowest BCUT2D eigenvalue weighted by molar-refractivity contribution is -0.0543. The van der Waals surface area contributed by atoms with Crippen molar-refractivity contribution in [2.24, 2.45) is 0 Å². The van der Waals surface area contributed by atoms with Gasteiger partial charge in [0, 0.05) is 27.7 Å². The summed E-state index contributed by atoms with van der Waals surface area (Å²) in [6, 6.07) is 22.8. The summed E-state index contributed by atoms with van der Waals surface area (Å²) in [7, 11) is 0. The third-order valence-corrected chi connectivity index (χ3v) is 5.35. The van der Waals surface area contributed by atoms with Crippen LogP contribution in [-0.2, 0) is 12.3 Å². The number of fused-ring (bicyclic) bond motifs is 1. The molecule has 4 heteroatoms. The van der Waals surface area contributed by atoms with E-state index in [9.17, 15) is 9.90 Å². The first kappa shape index (κ1) is 23.8. The van der Waals surface area contributed by atoms with Crippen LogP contribution >= 0.6 is 15.9 Å². The van der Waals surface area contributed by atoms with E-state index in [4.69, 9.17) is 0 Å². The third-order valence-electron chi connectivity index (χ3n) is 4.85. The number of hydrogen-bond donors (Lipinski definition) is 1. The molecular weight excluding hydrogens is 438 g/mol. The minimum absolute atomic E-state index is 0.163. The van der Waals surface area contributed by atoms with Gasteiger partial charge in [0.25, 0.3) is 5.91 Å². The standard InChI is InChI=1S/C22H18BrNO2.2C2H6/c1-15-9-11-17(12-10-15)22(26)20-8-3-2-7-19(20)21(25)24(22)14-16-5-4-6-18(23)13-16;2*1-2/h2-13,26H,14H2,1H3;2*1-2H3. The number of carbonyl (C=O) groups excluding carboxylic acids is 1. The molecule has 1 aliphatic heterocycles. The van der Waals surface area contributed by atoms with Crippen molar-refractivity contribution in [2.45, 2.75) is 46.9 Å². The van der Waals surface area contributed by atoms with Crippen molar-refractivity contribution in [1.82, 2.24) is 4.90 Å². The van der Waals surface area contributed by atoms with Gasteiger partial charge in [-0.2, -0.15) is 0 Å². The van der Waals surface area contributed by atoms with Crippen molar-refractivity contribution in [3.05, 3.63) is 105 Å². The van der Waals surface area contributed by atoms with Crippen LogP contribution in [-0.4, -0.2) is 15.9 Å². The topological polar surface area (TPSA) is 40.5 Å². The summed E-state index contributed by atoms with van der Waals surface area (Å²) in [5.41, 5.74) is 2.44. The second-order valence-electron chi connectivity index (χ2n) is 6.61. The summed E-state index contributed by atoms with van der Waals surface area (Å²) in [4.78, 5) is 14.6. The molecule has 30 heavy (non-hydrogen) atoms. The lowest BCUT2D eigenvalue weighted by Crippen LogP contribution is -2.44. The number of nitrogens with zero attached hydrogens (tertiary/aromatic N) is 1. The summed E-state index contributed by atoms with van der Waals surface area (Å²) < 4.78 is 0.943. The van der Waals surface area contributed by atoms with Gasteiger partial charge in [0.1, 0.15) is 0 Å². The Labute approximate surface area is 188 Å². The molecule has 1 aliphatic rings. The maximum atomic E-state index is 13.1. The molecule has 1 atom stereocenters. The highest BCUT2D eigenvalue weighted by molar-refractivity contribution is 9.10. The van der Waals surface area contributed by atoms with Crippen LogP contribution in [0, 0.1) is 6.92 Å². The van der Waals surface area contributed by atoms with Crippen LogP contribution < -0.4 is 0 Å². The fourth-order valence-electron chi connectivity index (χ4n) is 3.51. The molecule has 0 bridgehead atoms. The summed E-state index contributed by atoms with van der Waals surface area (Å²) >= 11 is 3.47. The van der Waals surface area contributed by atoms with Crippen LogP contribution in [0.4, 0.5) is 0 Å². The van der Waals surface area contributed by atoms with E-state index in [2.05, 4.69) is 15.9 Å². The molecule has 0 aliphatic carbocycles. The second-order valence-corrected chi connectivity index (χ2v) is 7.52. The predicted octanol–water partition coefficient (Wildman–Crippen LogP) is 6.66. The lowest BCUT2D eigenvalue weighted by atomic mass is 9.93. The number of benzene rings is 3. The van der Waals surface area contributed by atoms with Gasteiger partial charge in [-0.3, -0.25) is 9.69 Å².